The fourth-order valence-corrected chi connectivity index (χ4v) is 3.97. The number of hydrogen-bond donors (Lipinski definition) is 1. The van der Waals surface area contributed by atoms with Gasteiger partial charge >= 0.3 is 0 Å². The molecule has 3 heterocycles. The van der Waals surface area contributed by atoms with Gasteiger partial charge in [0.25, 0.3) is 5.91 Å². The van der Waals surface area contributed by atoms with Gasteiger partial charge in [-0.25, -0.2) is 4.98 Å². The van der Waals surface area contributed by atoms with Gasteiger partial charge < -0.3 is 19.5 Å². The van der Waals surface area contributed by atoms with Crippen molar-refractivity contribution in [3.05, 3.63) is 28.1 Å². The maximum atomic E-state index is 12.4. The van der Waals surface area contributed by atoms with E-state index in [9.17, 15) is 4.79 Å². The molecular weight excluding hydrogens is 328 g/mol. The van der Waals surface area contributed by atoms with E-state index in [1.54, 1.807) is 11.3 Å². The van der Waals surface area contributed by atoms with E-state index in [0.29, 0.717) is 12.2 Å². The predicted octanol–water partition coefficient (Wildman–Crippen LogP) is 1.78. The number of amides is 1. The molecular formula is C16H20N4O3S. The van der Waals surface area contributed by atoms with E-state index in [-0.39, 0.29) is 5.91 Å². The number of carbonyl (C=O) groups excluding carboxylic acids is 1. The molecule has 0 spiro atoms. The van der Waals surface area contributed by atoms with Crippen LogP contribution in [0.2, 0.25) is 0 Å². The fraction of sp³-hybridized carbons (Fsp3) is 0.562. The standard InChI is InChI=1S/C16H20N4O3S/c21-15(14-12-3-1-2-4-13(12)23-19-14)17-9-11-10-24-16(18-11)20-5-7-22-8-6-20/h10H,1-9H2,(H,17,21). The Morgan fingerprint density at radius 2 is 2.12 bits per heavy atom. The highest BCUT2D eigenvalue weighted by Crippen LogP contribution is 2.24. The maximum absolute atomic E-state index is 12.4. The number of nitrogens with zero attached hydrogens (tertiary/aromatic N) is 3. The van der Waals surface area contributed by atoms with Crippen molar-refractivity contribution in [3.8, 4) is 0 Å². The molecule has 128 valence electrons. The Kier molecular flexibility index (Phi) is 4.48. The van der Waals surface area contributed by atoms with Crippen LogP contribution in [0, 0.1) is 0 Å². The summed E-state index contributed by atoms with van der Waals surface area (Å²) in [6.45, 7) is 3.61. The minimum atomic E-state index is -0.178. The Labute approximate surface area is 144 Å². The van der Waals surface area contributed by atoms with Crippen LogP contribution >= 0.6 is 11.3 Å². The van der Waals surface area contributed by atoms with Crippen molar-refractivity contribution < 1.29 is 14.1 Å². The number of hydrogen-bond acceptors (Lipinski definition) is 7. The second kappa shape index (κ2) is 6.90. The van der Waals surface area contributed by atoms with Gasteiger partial charge in [0.1, 0.15) is 5.76 Å². The van der Waals surface area contributed by atoms with Crippen LogP contribution in [-0.4, -0.2) is 42.4 Å². The summed E-state index contributed by atoms with van der Waals surface area (Å²) in [6, 6.07) is 0. The Balaban J connectivity index is 1.37. The molecule has 0 saturated carbocycles. The zero-order valence-corrected chi connectivity index (χ0v) is 14.2. The summed E-state index contributed by atoms with van der Waals surface area (Å²) in [6.07, 6.45) is 3.94. The lowest BCUT2D eigenvalue weighted by molar-refractivity contribution is 0.0940. The molecule has 0 unspecified atom stereocenters. The highest BCUT2D eigenvalue weighted by molar-refractivity contribution is 7.13. The maximum Gasteiger partial charge on any atom is 0.274 e. The molecule has 1 fully saturated rings. The molecule has 1 amide bonds. The number of carbonyl (C=O) groups is 1. The summed E-state index contributed by atoms with van der Waals surface area (Å²) in [5, 5.41) is 9.85. The smallest absolute Gasteiger partial charge is 0.274 e. The van der Waals surface area contributed by atoms with Crippen LogP contribution in [0.15, 0.2) is 9.90 Å². The van der Waals surface area contributed by atoms with Crippen molar-refractivity contribution in [1.82, 2.24) is 15.5 Å². The van der Waals surface area contributed by atoms with Gasteiger partial charge in [-0.3, -0.25) is 4.79 Å². The Bertz CT molecular complexity index is 721. The predicted molar refractivity (Wildman–Crippen MR) is 89.5 cm³/mol. The zero-order chi connectivity index (χ0) is 16.4. The largest absolute Gasteiger partial charge is 0.378 e. The SMILES string of the molecule is O=C(NCc1csc(N2CCOCC2)n1)c1noc2c1CCCC2. The molecule has 0 bridgehead atoms. The van der Waals surface area contributed by atoms with Crippen LogP contribution in [0.3, 0.4) is 0 Å². The average molecular weight is 348 g/mol. The Morgan fingerprint density at radius 3 is 3.00 bits per heavy atom. The number of fused-ring (bicyclic) bond motifs is 1. The first-order valence-corrected chi connectivity index (χ1v) is 9.22. The minimum Gasteiger partial charge on any atom is -0.378 e. The van der Waals surface area contributed by atoms with Crippen LogP contribution in [-0.2, 0) is 24.1 Å². The molecule has 4 rings (SSSR count). The lowest BCUT2D eigenvalue weighted by Gasteiger charge is -2.26. The van der Waals surface area contributed by atoms with Crippen molar-refractivity contribution in [2.45, 2.75) is 32.2 Å². The molecule has 0 atom stereocenters. The highest BCUT2D eigenvalue weighted by Gasteiger charge is 2.24. The molecule has 2 aliphatic rings. The van der Waals surface area contributed by atoms with Gasteiger partial charge in [0.15, 0.2) is 10.8 Å². The summed E-state index contributed by atoms with van der Waals surface area (Å²) in [4.78, 5) is 19.2. The molecule has 2 aromatic heterocycles. The number of nitrogens with one attached hydrogen (secondary N) is 1. The molecule has 24 heavy (non-hydrogen) atoms. The second-order valence-electron chi connectivity index (χ2n) is 6.04. The summed E-state index contributed by atoms with van der Waals surface area (Å²) >= 11 is 1.60. The van der Waals surface area contributed by atoms with Gasteiger partial charge in [0.2, 0.25) is 0 Å². The third-order valence-electron chi connectivity index (χ3n) is 4.42. The number of thiazole rings is 1. The number of aryl methyl sites for hydroxylation is 1. The van der Waals surface area contributed by atoms with Crippen molar-refractivity contribution in [1.29, 1.82) is 0 Å². The summed E-state index contributed by atoms with van der Waals surface area (Å²) in [7, 11) is 0. The topological polar surface area (TPSA) is 80.5 Å². The Hall–Kier alpha value is -1.93. The molecule has 1 aliphatic carbocycles. The highest BCUT2D eigenvalue weighted by atomic mass is 32.1. The van der Waals surface area contributed by atoms with E-state index in [1.807, 2.05) is 5.38 Å². The molecule has 2 aromatic rings. The molecule has 0 radical (unpaired) electrons. The van der Waals surface area contributed by atoms with Gasteiger partial charge in [0.05, 0.1) is 25.5 Å². The van der Waals surface area contributed by atoms with Gasteiger partial charge in [-0.05, 0) is 19.3 Å². The van der Waals surface area contributed by atoms with Crippen LogP contribution in [0.5, 0.6) is 0 Å². The third-order valence-corrected chi connectivity index (χ3v) is 5.37. The second-order valence-corrected chi connectivity index (χ2v) is 6.88. The zero-order valence-electron chi connectivity index (χ0n) is 13.4. The number of rotatable bonds is 4. The fourth-order valence-electron chi connectivity index (χ4n) is 3.10. The monoisotopic (exact) mass is 348 g/mol. The van der Waals surface area contributed by atoms with Crippen LogP contribution in [0.25, 0.3) is 0 Å². The summed E-state index contributed by atoms with van der Waals surface area (Å²) < 4.78 is 10.7. The molecule has 1 aliphatic heterocycles. The first-order chi connectivity index (χ1) is 11.8. The number of aromatic nitrogens is 2. The third kappa shape index (κ3) is 3.16. The van der Waals surface area contributed by atoms with Crippen molar-refractivity contribution in [3.63, 3.8) is 0 Å². The van der Waals surface area contributed by atoms with E-state index in [4.69, 9.17) is 9.26 Å². The van der Waals surface area contributed by atoms with Gasteiger partial charge in [-0.2, -0.15) is 0 Å². The van der Waals surface area contributed by atoms with E-state index >= 15 is 0 Å². The van der Waals surface area contributed by atoms with Crippen LogP contribution < -0.4 is 10.2 Å². The van der Waals surface area contributed by atoms with E-state index in [2.05, 4.69) is 20.4 Å². The van der Waals surface area contributed by atoms with Gasteiger partial charge in [0, 0.05) is 30.5 Å². The van der Waals surface area contributed by atoms with Crippen LogP contribution in [0.1, 0.15) is 40.3 Å². The lowest BCUT2D eigenvalue weighted by Crippen LogP contribution is -2.36. The molecule has 8 heteroatoms. The minimum absolute atomic E-state index is 0.178. The van der Waals surface area contributed by atoms with E-state index in [0.717, 1.165) is 74.1 Å². The molecule has 7 nitrogen and oxygen atoms in total. The van der Waals surface area contributed by atoms with E-state index < -0.39 is 0 Å². The van der Waals surface area contributed by atoms with Crippen molar-refractivity contribution in [2.24, 2.45) is 0 Å². The normalized spacial score (nSPS) is 17.6. The van der Waals surface area contributed by atoms with E-state index in [1.165, 1.54) is 0 Å². The van der Waals surface area contributed by atoms with Gasteiger partial charge in [-0.15, -0.1) is 11.3 Å². The van der Waals surface area contributed by atoms with Crippen LogP contribution in [0.4, 0.5) is 5.13 Å². The quantitative estimate of drug-likeness (QED) is 0.907. The summed E-state index contributed by atoms with van der Waals surface area (Å²) in [5.41, 5.74) is 2.28. The molecule has 1 N–H and O–H groups in total. The molecule has 1 saturated heterocycles. The lowest BCUT2D eigenvalue weighted by atomic mass is 9.96. The van der Waals surface area contributed by atoms with Gasteiger partial charge in [-0.1, -0.05) is 5.16 Å². The number of anilines is 1. The first kappa shape index (κ1) is 15.6. The Morgan fingerprint density at radius 1 is 1.29 bits per heavy atom. The van der Waals surface area contributed by atoms with Crippen molar-refractivity contribution in [2.75, 3.05) is 31.2 Å². The summed E-state index contributed by atoms with van der Waals surface area (Å²) in [5.74, 6) is 0.692. The average Bonchev–Trinajstić information content (AvgIpc) is 3.27. The number of morpholine rings is 1. The number of ether oxygens (including phenoxy) is 1. The van der Waals surface area contributed by atoms with Crippen molar-refractivity contribution >= 4 is 22.4 Å². The molecule has 0 aromatic carbocycles. The first-order valence-electron chi connectivity index (χ1n) is 8.34.